The molecule has 0 radical (unpaired) electrons. The molecule has 0 aromatic carbocycles. The molecule has 3 N–H and O–H groups in total. The predicted molar refractivity (Wildman–Crippen MR) is 157 cm³/mol. The van der Waals surface area contributed by atoms with Gasteiger partial charge in [0, 0.05) is 24.5 Å². The molecule has 2 heterocycles. The summed E-state index contributed by atoms with van der Waals surface area (Å²) in [5, 5.41) is 18.6. The molecule has 2 saturated heterocycles. The monoisotopic (exact) mass is 586 g/mol. The molecule has 4 amide bonds. The van der Waals surface area contributed by atoms with Crippen LogP contribution in [0.25, 0.3) is 0 Å². The van der Waals surface area contributed by atoms with Crippen molar-refractivity contribution in [1.29, 1.82) is 5.26 Å². The summed E-state index contributed by atoms with van der Waals surface area (Å²) in [5.41, 5.74) is -0.851. The maximum atomic E-state index is 14.0. The molecule has 0 unspecified atom stereocenters. The highest BCUT2D eigenvalue weighted by Crippen LogP contribution is 2.65. The first kappa shape index (κ1) is 32.1. The lowest BCUT2D eigenvalue weighted by Crippen LogP contribution is -2.59. The minimum Gasteiger partial charge on any atom is -0.449 e. The van der Waals surface area contributed by atoms with Crippen LogP contribution in [0.15, 0.2) is 0 Å². The summed E-state index contributed by atoms with van der Waals surface area (Å²) in [4.78, 5) is 56.8. The number of nitriles is 1. The maximum Gasteiger partial charge on any atom is 0.407 e. The number of ether oxygens (including phenoxy) is 1. The van der Waals surface area contributed by atoms with E-state index in [1.54, 1.807) is 4.90 Å². The zero-order valence-electron chi connectivity index (χ0n) is 26.4. The van der Waals surface area contributed by atoms with Gasteiger partial charge in [-0.2, -0.15) is 5.26 Å². The summed E-state index contributed by atoms with van der Waals surface area (Å²) in [6.07, 6.45) is 2.91. The van der Waals surface area contributed by atoms with Gasteiger partial charge >= 0.3 is 6.09 Å². The molecule has 234 valence electrons. The Bertz CT molecular complexity index is 1100. The Morgan fingerprint density at radius 2 is 1.86 bits per heavy atom. The van der Waals surface area contributed by atoms with Crippen LogP contribution in [-0.2, 0) is 19.1 Å². The molecule has 4 fully saturated rings. The van der Waals surface area contributed by atoms with E-state index in [4.69, 9.17) is 4.74 Å². The van der Waals surface area contributed by atoms with Crippen molar-refractivity contribution in [3.63, 3.8) is 0 Å². The van der Waals surface area contributed by atoms with E-state index in [0.717, 1.165) is 32.5 Å². The zero-order chi connectivity index (χ0) is 31.0. The number of hydrogen-bond acceptors (Lipinski definition) is 7. The number of likely N-dealkylation sites (tertiary alicyclic amines) is 1. The van der Waals surface area contributed by atoms with Crippen molar-refractivity contribution >= 4 is 23.8 Å². The number of fused-ring (bicyclic) bond motifs is 1. The topological polar surface area (TPSA) is 144 Å². The Morgan fingerprint density at radius 3 is 2.40 bits per heavy atom. The number of hydrogen-bond donors (Lipinski definition) is 3. The minimum atomic E-state index is -0.896. The summed E-state index contributed by atoms with van der Waals surface area (Å²) < 4.78 is 5.42. The second-order valence-electron chi connectivity index (χ2n) is 14.4. The van der Waals surface area contributed by atoms with Crippen LogP contribution in [0.2, 0.25) is 0 Å². The largest absolute Gasteiger partial charge is 0.449 e. The Balaban J connectivity index is 1.40. The fourth-order valence-electron chi connectivity index (χ4n) is 7.11. The number of rotatable bonds is 12. The van der Waals surface area contributed by atoms with Gasteiger partial charge in [0.1, 0.15) is 18.1 Å². The van der Waals surface area contributed by atoms with E-state index in [2.05, 4.69) is 54.6 Å². The first-order valence-corrected chi connectivity index (χ1v) is 15.7. The molecular weight excluding hydrogens is 536 g/mol. The molecule has 1 spiro atoms. The van der Waals surface area contributed by atoms with Gasteiger partial charge in [0.15, 0.2) is 0 Å². The summed E-state index contributed by atoms with van der Waals surface area (Å²) in [5.74, 6) is -0.957. The highest BCUT2D eigenvalue weighted by atomic mass is 16.5. The molecule has 2 aliphatic carbocycles. The number of carbonyl (C=O) groups excluding carboxylic acids is 4. The number of alkyl carbamates (subject to hydrolysis) is 1. The lowest BCUT2D eigenvalue weighted by atomic mass is 9.85. The molecule has 4 rings (SSSR count). The number of amides is 4. The summed E-state index contributed by atoms with van der Waals surface area (Å²) in [6.45, 7) is 17.3. The molecule has 4 aliphatic rings. The third-order valence-corrected chi connectivity index (χ3v) is 10.1. The second kappa shape index (κ2) is 12.0. The van der Waals surface area contributed by atoms with Crippen LogP contribution in [0.3, 0.4) is 0 Å². The Hall–Kier alpha value is -2.87. The Kier molecular flexibility index (Phi) is 9.17. The van der Waals surface area contributed by atoms with Crippen LogP contribution in [-0.4, -0.2) is 90.1 Å². The molecule has 2 saturated carbocycles. The SMILES string of the molecule is CCN(CC)CCCOC(=O)N[C@H](C(=O)N1C[C@H]2[C@@H]([C@H]1C(=O)N[C@H](C#N)C[C@@H]1CC3(CC3)NC1=O)C2(C)C)C(C)(C)C. The molecular formula is C31H50N6O5. The van der Waals surface area contributed by atoms with Crippen molar-refractivity contribution < 1.29 is 23.9 Å². The molecule has 6 atom stereocenters. The van der Waals surface area contributed by atoms with Gasteiger partial charge in [-0.1, -0.05) is 48.5 Å². The second-order valence-corrected chi connectivity index (χ2v) is 14.4. The number of nitrogens with zero attached hydrogens (tertiary/aromatic N) is 3. The maximum absolute atomic E-state index is 14.0. The van der Waals surface area contributed by atoms with E-state index in [9.17, 15) is 24.4 Å². The predicted octanol–water partition coefficient (Wildman–Crippen LogP) is 2.41. The fraction of sp³-hybridized carbons (Fsp3) is 0.839. The van der Waals surface area contributed by atoms with E-state index >= 15 is 0 Å². The first-order chi connectivity index (χ1) is 19.7. The number of carbonyl (C=O) groups is 4. The smallest absolute Gasteiger partial charge is 0.407 e. The van der Waals surface area contributed by atoms with Gasteiger partial charge in [0.05, 0.1) is 12.7 Å². The number of nitrogens with one attached hydrogen (secondary N) is 3. The molecule has 0 aromatic rings. The summed E-state index contributed by atoms with van der Waals surface area (Å²) in [7, 11) is 0. The third-order valence-electron chi connectivity index (χ3n) is 10.1. The standard InChI is InChI=1S/C31H50N6O5/c1-8-36(9-2)13-10-14-42-28(41)34-24(29(3,4)5)27(40)37-18-21-22(30(21,6)7)23(37)26(39)33-20(17-32)15-19-16-31(11-12-31)35-25(19)38/h19-24H,8-16,18H2,1-7H3,(H,33,39)(H,34,41)(H,35,38)/t19-,20+,21+,22+,23+,24-/m1/s1. The zero-order valence-corrected chi connectivity index (χ0v) is 26.4. The van der Waals surface area contributed by atoms with E-state index < -0.39 is 29.6 Å². The Labute approximate surface area is 250 Å². The van der Waals surface area contributed by atoms with Crippen LogP contribution in [0, 0.1) is 39.9 Å². The van der Waals surface area contributed by atoms with Gasteiger partial charge in [-0.3, -0.25) is 14.4 Å². The van der Waals surface area contributed by atoms with Crippen LogP contribution in [0.5, 0.6) is 0 Å². The lowest BCUT2D eigenvalue weighted by Gasteiger charge is -2.37. The minimum absolute atomic E-state index is 0.0436. The highest BCUT2D eigenvalue weighted by Gasteiger charge is 2.70. The molecule has 0 bridgehead atoms. The first-order valence-electron chi connectivity index (χ1n) is 15.7. The van der Waals surface area contributed by atoms with Gasteiger partial charge in [-0.15, -0.1) is 0 Å². The lowest BCUT2D eigenvalue weighted by molar-refractivity contribution is -0.144. The van der Waals surface area contributed by atoms with Crippen molar-refractivity contribution in [3.8, 4) is 6.07 Å². The van der Waals surface area contributed by atoms with Crippen molar-refractivity contribution in [1.82, 2.24) is 25.8 Å². The van der Waals surface area contributed by atoms with E-state index in [-0.39, 0.29) is 59.5 Å². The molecule has 0 aromatic heterocycles. The van der Waals surface area contributed by atoms with Gasteiger partial charge in [-0.05, 0) is 67.9 Å². The summed E-state index contributed by atoms with van der Waals surface area (Å²) in [6, 6.07) is -0.314. The van der Waals surface area contributed by atoms with Crippen LogP contribution in [0.4, 0.5) is 4.79 Å². The van der Waals surface area contributed by atoms with E-state index in [0.29, 0.717) is 19.4 Å². The van der Waals surface area contributed by atoms with Crippen LogP contribution >= 0.6 is 0 Å². The highest BCUT2D eigenvalue weighted by molar-refractivity contribution is 5.93. The fourth-order valence-corrected chi connectivity index (χ4v) is 7.11. The van der Waals surface area contributed by atoms with Gasteiger partial charge in [0.2, 0.25) is 17.7 Å². The average Bonchev–Trinajstić information content (AvgIpc) is 3.64. The van der Waals surface area contributed by atoms with Crippen LogP contribution in [0.1, 0.15) is 80.6 Å². The molecule has 11 nitrogen and oxygen atoms in total. The van der Waals surface area contributed by atoms with E-state index in [1.807, 2.05) is 20.8 Å². The van der Waals surface area contributed by atoms with Gasteiger partial charge < -0.3 is 30.5 Å². The van der Waals surface area contributed by atoms with Crippen molar-refractivity contribution in [2.75, 3.05) is 32.8 Å². The van der Waals surface area contributed by atoms with Gasteiger partial charge in [-0.25, -0.2) is 4.79 Å². The van der Waals surface area contributed by atoms with Crippen LogP contribution < -0.4 is 16.0 Å². The Morgan fingerprint density at radius 1 is 1.19 bits per heavy atom. The van der Waals surface area contributed by atoms with Gasteiger partial charge in [0.25, 0.3) is 0 Å². The van der Waals surface area contributed by atoms with E-state index in [1.165, 1.54) is 0 Å². The summed E-state index contributed by atoms with van der Waals surface area (Å²) >= 11 is 0. The average molecular weight is 587 g/mol. The normalized spacial score (nSPS) is 28.0. The molecule has 11 heteroatoms. The quantitative estimate of drug-likeness (QED) is 0.298. The van der Waals surface area contributed by atoms with Crippen molar-refractivity contribution in [2.24, 2.45) is 28.6 Å². The molecule has 2 aliphatic heterocycles. The number of piperidine rings is 1. The van der Waals surface area contributed by atoms with Crippen molar-refractivity contribution in [3.05, 3.63) is 0 Å². The third kappa shape index (κ3) is 6.69. The van der Waals surface area contributed by atoms with Crippen molar-refractivity contribution in [2.45, 2.75) is 104 Å². The molecule has 42 heavy (non-hydrogen) atoms.